The van der Waals surface area contributed by atoms with E-state index in [4.69, 9.17) is 5.41 Å². The van der Waals surface area contributed by atoms with Gasteiger partial charge in [0.25, 0.3) is 5.91 Å². The monoisotopic (exact) mass is 265 g/mol. The predicted octanol–water partition coefficient (Wildman–Crippen LogP) is 2.88. The fourth-order valence-corrected chi connectivity index (χ4v) is 3.27. The van der Waals surface area contributed by atoms with Crippen LogP contribution < -0.4 is 5.32 Å². The zero-order chi connectivity index (χ0) is 13.8. The van der Waals surface area contributed by atoms with E-state index in [0.717, 1.165) is 25.2 Å². The summed E-state index contributed by atoms with van der Waals surface area (Å²) in [5.41, 5.74) is 0. The fourth-order valence-electron chi connectivity index (χ4n) is 3.27. The molecule has 1 aliphatic heterocycles. The molecule has 108 valence electrons. The Labute approximate surface area is 116 Å². The van der Waals surface area contributed by atoms with Gasteiger partial charge in [0.2, 0.25) is 0 Å². The maximum Gasteiger partial charge on any atom is 0.252 e. The quantitative estimate of drug-likeness (QED) is 0.803. The molecule has 0 spiro atoms. The van der Waals surface area contributed by atoms with Crippen molar-refractivity contribution < 1.29 is 4.79 Å². The van der Waals surface area contributed by atoms with Crippen molar-refractivity contribution in [2.24, 2.45) is 5.92 Å². The van der Waals surface area contributed by atoms with E-state index in [1.807, 2.05) is 6.92 Å². The summed E-state index contributed by atoms with van der Waals surface area (Å²) >= 11 is 0. The maximum atomic E-state index is 12.3. The molecular weight excluding hydrogens is 238 g/mol. The van der Waals surface area contributed by atoms with E-state index in [0.29, 0.717) is 5.96 Å². The van der Waals surface area contributed by atoms with Gasteiger partial charge in [-0.2, -0.15) is 0 Å². The number of nitrogens with one attached hydrogen (secondary N) is 2. The minimum absolute atomic E-state index is 0.107. The number of rotatable bonds is 5. The first-order chi connectivity index (χ1) is 9.13. The van der Waals surface area contributed by atoms with Crippen LogP contribution in [0, 0.1) is 11.3 Å². The minimum Gasteiger partial charge on any atom is -0.344 e. The van der Waals surface area contributed by atoms with Crippen LogP contribution in [0.25, 0.3) is 0 Å². The highest BCUT2D eigenvalue weighted by molar-refractivity contribution is 6.05. The molecule has 1 saturated carbocycles. The SMILES string of the molecule is CCC(C)N1C(=N)NC(CCC2CCCCC2)C1=O. The standard InChI is InChI=1S/C15H27N3O/c1-3-11(2)18-14(19)13(17-15(18)16)10-9-12-7-5-4-6-8-12/h11-13H,3-10H2,1-2H3,(H2,16,17). The molecule has 2 atom stereocenters. The van der Waals surface area contributed by atoms with Crippen molar-refractivity contribution in [2.45, 2.75) is 77.3 Å². The number of hydrogen-bond acceptors (Lipinski definition) is 2. The maximum absolute atomic E-state index is 12.3. The van der Waals surface area contributed by atoms with Crippen molar-refractivity contribution in [1.29, 1.82) is 5.41 Å². The van der Waals surface area contributed by atoms with Crippen LogP contribution in [0.3, 0.4) is 0 Å². The van der Waals surface area contributed by atoms with Crippen LogP contribution in [-0.4, -0.2) is 28.9 Å². The summed E-state index contributed by atoms with van der Waals surface area (Å²) in [5.74, 6) is 1.21. The van der Waals surface area contributed by atoms with Gasteiger partial charge >= 0.3 is 0 Å². The summed E-state index contributed by atoms with van der Waals surface area (Å²) < 4.78 is 0. The summed E-state index contributed by atoms with van der Waals surface area (Å²) in [6.45, 7) is 4.07. The lowest BCUT2D eigenvalue weighted by atomic mass is 9.85. The van der Waals surface area contributed by atoms with E-state index in [1.54, 1.807) is 4.90 Å². The molecule has 19 heavy (non-hydrogen) atoms. The molecule has 1 aliphatic carbocycles. The highest BCUT2D eigenvalue weighted by atomic mass is 16.2. The molecule has 1 amide bonds. The van der Waals surface area contributed by atoms with E-state index in [9.17, 15) is 4.79 Å². The molecule has 0 radical (unpaired) electrons. The molecule has 2 rings (SSSR count). The Hall–Kier alpha value is -1.06. The molecule has 1 heterocycles. The second-order valence-electron chi connectivity index (χ2n) is 6.09. The Bertz CT molecular complexity index is 336. The minimum atomic E-state index is -0.150. The first kappa shape index (κ1) is 14.4. The molecule has 0 aromatic carbocycles. The summed E-state index contributed by atoms with van der Waals surface area (Å²) in [6.07, 6.45) is 9.65. The van der Waals surface area contributed by atoms with Crippen molar-refractivity contribution in [3.05, 3.63) is 0 Å². The van der Waals surface area contributed by atoms with Crippen LogP contribution in [-0.2, 0) is 4.79 Å². The fraction of sp³-hybridized carbons (Fsp3) is 0.867. The normalized spacial score (nSPS) is 26.6. The van der Waals surface area contributed by atoms with Gasteiger partial charge in [-0.3, -0.25) is 15.1 Å². The number of carbonyl (C=O) groups is 1. The smallest absolute Gasteiger partial charge is 0.252 e. The van der Waals surface area contributed by atoms with Crippen LogP contribution >= 0.6 is 0 Å². The van der Waals surface area contributed by atoms with E-state index in [-0.39, 0.29) is 18.0 Å². The number of carbonyl (C=O) groups excluding carboxylic acids is 1. The second-order valence-corrected chi connectivity index (χ2v) is 6.09. The van der Waals surface area contributed by atoms with Crippen molar-refractivity contribution in [2.75, 3.05) is 0 Å². The zero-order valence-electron chi connectivity index (χ0n) is 12.2. The summed E-state index contributed by atoms with van der Waals surface area (Å²) in [7, 11) is 0. The zero-order valence-corrected chi connectivity index (χ0v) is 12.2. The van der Waals surface area contributed by atoms with Gasteiger partial charge in [-0.15, -0.1) is 0 Å². The van der Waals surface area contributed by atoms with E-state index >= 15 is 0 Å². The van der Waals surface area contributed by atoms with Gasteiger partial charge in [-0.25, -0.2) is 0 Å². The van der Waals surface area contributed by atoms with Crippen LogP contribution in [0.4, 0.5) is 0 Å². The van der Waals surface area contributed by atoms with Gasteiger partial charge in [0.1, 0.15) is 6.04 Å². The molecule has 2 aliphatic rings. The second kappa shape index (κ2) is 6.40. The van der Waals surface area contributed by atoms with Gasteiger partial charge in [0, 0.05) is 6.04 Å². The van der Waals surface area contributed by atoms with E-state index in [1.165, 1.54) is 32.1 Å². The first-order valence-corrected chi connectivity index (χ1v) is 7.81. The summed E-state index contributed by atoms with van der Waals surface area (Å²) in [5, 5.41) is 11.0. The highest BCUT2D eigenvalue weighted by Crippen LogP contribution is 2.28. The van der Waals surface area contributed by atoms with Gasteiger partial charge in [-0.05, 0) is 32.1 Å². The molecular formula is C15H27N3O. The first-order valence-electron chi connectivity index (χ1n) is 7.81. The average molecular weight is 265 g/mol. The highest BCUT2D eigenvalue weighted by Gasteiger charge is 2.37. The number of hydrogen-bond donors (Lipinski definition) is 2. The molecule has 2 N–H and O–H groups in total. The van der Waals surface area contributed by atoms with Crippen molar-refractivity contribution in [3.63, 3.8) is 0 Å². The Kier molecular flexibility index (Phi) is 4.83. The van der Waals surface area contributed by atoms with Crippen molar-refractivity contribution >= 4 is 11.9 Å². The van der Waals surface area contributed by atoms with Crippen LogP contribution in [0.2, 0.25) is 0 Å². The molecule has 0 aromatic rings. The molecule has 2 fully saturated rings. The predicted molar refractivity (Wildman–Crippen MR) is 77.1 cm³/mol. The topological polar surface area (TPSA) is 56.2 Å². The van der Waals surface area contributed by atoms with Crippen LogP contribution in [0.5, 0.6) is 0 Å². The summed E-state index contributed by atoms with van der Waals surface area (Å²) in [4.78, 5) is 13.9. The lowest BCUT2D eigenvalue weighted by Gasteiger charge is -2.23. The average Bonchev–Trinajstić information content (AvgIpc) is 2.71. The molecule has 0 bridgehead atoms. The third-order valence-electron chi connectivity index (χ3n) is 4.71. The van der Waals surface area contributed by atoms with E-state index < -0.39 is 0 Å². The van der Waals surface area contributed by atoms with Crippen molar-refractivity contribution in [3.8, 4) is 0 Å². The molecule has 2 unspecified atom stereocenters. The lowest BCUT2D eigenvalue weighted by Crippen LogP contribution is -2.39. The largest absolute Gasteiger partial charge is 0.344 e. The number of amides is 1. The molecule has 4 heteroatoms. The van der Waals surface area contributed by atoms with Crippen LogP contribution in [0.1, 0.15) is 65.2 Å². The number of nitrogens with zero attached hydrogens (tertiary/aromatic N) is 1. The van der Waals surface area contributed by atoms with Gasteiger partial charge in [-0.1, -0.05) is 39.0 Å². The Morgan fingerprint density at radius 3 is 2.63 bits per heavy atom. The number of guanidine groups is 1. The lowest BCUT2D eigenvalue weighted by molar-refractivity contribution is -0.128. The Morgan fingerprint density at radius 2 is 2.00 bits per heavy atom. The van der Waals surface area contributed by atoms with Crippen molar-refractivity contribution in [1.82, 2.24) is 10.2 Å². The van der Waals surface area contributed by atoms with Gasteiger partial charge in [0.15, 0.2) is 5.96 Å². The molecule has 1 saturated heterocycles. The van der Waals surface area contributed by atoms with Crippen LogP contribution in [0.15, 0.2) is 0 Å². The van der Waals surface area contributed by atoms with E-state index in [2.05, 4.69) is 12.2 Å². The Balaban J connectivity index is 1.84. The Morgan fingerprint density at radius 1 is 1.32 bits per heavy atom. The molecule has 0 aromatic heterocycles. The third-order valence-corrected chi connectivity index (χ3v) is 4.71. The van der Waals surface area contributed by atoms with Gasteiger partial charge in [0.05, 0.1) is 0 Å². The third kappa shape index (κ3) is 3.28. The summed E-state index contributed by atoms with van der Waals surface area (Å²) in [6, 6.07) is -0.0180. The molecule has 4 nitrogen and oxygen atoms in total. The van der Waals surface area contributed by atoms with Gasteiger partial charge < -0.3 is 5.32 Å².